The van der Waals surface area contributed by atoms with Gasteiger partial charge in [-0.2, -0.15) is 0 Å². The van der Waals surface area contributed by atoms with Crippen LogP contribution >= 0.6 is 0 Å². The predicted octanol–water partition coefficient (Wildman–Crippen LogP) is 14.0. The van der Waals surface area contributed by atoms with Crippen LogP contribution < -0.4 is 0 Å². The number of fused-ring (bicyclic) bond motifs is 6. The third kappa shape index (κ3) is 3.82. The summed E-state index contributed by atoms with van der Waals surface area (Å²) in [7, 11) is 0. The van der Waals surface area contributed by atoms with Crippen LogP contribution in [-0.4, -0.2) is 0 Å². The van der Waals surface area contributed by atoms with Gasteiger partial charge in [0.15, 0.2) is 0 Å². The van der Waals surface area contributed by atoms with E-state index in [9.17, 15) is 0 Å². The SMILES string of the molecule is c1ccc(-c2cc(-c3ccccc3)c(-c3ccc4c5c(cccc35)-c3ccccc3-4)cc2-c2ccc3c4c(cccc24)-c2ccccc2-3)cc1. The van der Waals surface area contributed by atoms with E-state index < -0.39 is 0 Å². The first-order chi connectivity index (χ1) is 24.8. The molecule has 230 valence electrons. The summed E-state index contributed by atoms with van der Waals surface area (Å²) < 4.78 is 0. The second-order valence-corrected chi connectivity index (χ2v) is 13.5. The Hall–Kier alpha value is -6.50. The molecule has 0 saturated heterocycles. The maximum absolute atomic E-state index is 2.49. The van der Waals surface area contributed by atoms with E-state index in [2.05, 4.69) is 182 Å². The second-order valence-electron chi connectivity index (χ2n) is 13.5. The zero-order chi connectivity index (χ0) is 32.8. The predicted molar refractivity (Wildman–Crippen MR) is 212 cm³/mol. The van der Waals surface area contributed by atoms with E-state index in [0.717, 1.165) is 0 Å². The van der Waals surface area contributed by atoms with Gasteiger partial charge in [-0.05, 0) is 123 Å². The van der Waals surface area contributed by atoms with Crippen LogP contribution in [0.3, 0.4) is 0 Å². The quantitative estimate of drug-likeness (QED) is 0.181. The van der Waals surface area contributed by atoms with Crippen LogP contribution in [0.2, 0.25) is 0 Å². The molecule has 9 aromatic carbocycles. The van der Waals surface area contributed by atoms with Crippen LogP contribution in [0.1, 0.15) is 0 Å². The van der Waals surface area contributed by atoms with E-state index in [0.29, 0.717) is 0 Å². The molecule has 0 spiro atoms. The van der Waals surface area contributed by atoms with Crippen molar-refractivity contribution in [1.29, 1.82) is 0 Å². The lowest BCUT2D eigenvalue weighted by atomic mass is 9.82. The highest BCUT2D eigenvalue weighted by molar-refractivity contribution is 6.21. The van der Waals surface area contributed by atoms with Crippen molar-refractivity contribution < 1.29 is 0 Å². The van der Waals surface area contributed by atoms with E-state index >= 15 is 0 Å². The molecule has 2 aliphatic carbocycles. The number of rotatable bonds is 4. The minimum atomic E-state index is 1.22. The van der Waals surface area contributed by atoms with Gasteiger partial charge in [-0.15, -0.1) is 0 Å². The Balaban J connectivity index is 1.25. The number of benzene rings is 9. The van der Waals surface area contributed by atoms with Crippen molar-refractivity contribution in [1.82, 2.24) is 0 Å². The lowest BCUT2D eigenvalue weighted by molar-refractivity contribution is 1.56. The van der Waals surface area contributed by atoms with Gasteiger partial charge in [0, 0.05) is 0 Å². The van der Waals surface area contributed by atoms with Crippen LogP contribution in [0.15, 0.2) is 182 Å². The standard InChI is InChI=1S/C50H30/c1-3-13-31(14-4-1)45-29-46(32-15-5-2-6-16-32)48(38-26-28-44-36-20-10-8-18-34(36)40-22-12-24-42(38)50(40)44)30-47(45)37-25-27-43-35-19-9-7-17-33(35)39-21-11-23-41(37)49(39)43/h1-30H. The average molecular weight is 631 g/mol. The van der Waals surface area contributed by atoms with Gasteiger partial charge in [0.2, 0.25) is 0 Å². The summed E-state index contributed by atoms with van der Waals surface area (Å²) in [5.74, 6) is 0. The topological polar surface area (TPSA) is 0 Å². The van der Waals surface area contributed by atoms with Crippen LogP contribution in [0.4, 0.5) is 0 Å². The molecule has 0 atom stereocenters. The lowest BCUT2D eigenvalue weighted by Gasteiger charge is -2.21. The third-order valence-corrected chi connectivity index (χ3v) is 11.0. The van der Waals surface area contributed by atoms with E-state index in [1.807, 2.05) is 0 Å². The van der Waals surface area contributed by atoms with Gasteiger partial charge in [-0.25, -0.2) is 0 Å². The highest BCUT2D eigenvalue weighted by Gasteiger charge is 2.26. The van der Waals surface area contributed by atoms with Gasteiger partial charge in [-0.3, -0.25) is 0 Å². The second kappa shape index (κ2) is 10.5. The molecule has 2 aliphatic rings. The Labute approximate surface area is 291 Å². The van der Waals surface area contributed by atoms with Gasteiger partial charge in [0.25, 0.3) is 0 Å². The smallest absolute Gasteiger partial charge is 0.00201 e. The Morgan fingerprint density at radius 1 is 0.180 bits per heavy atom. The summed E-state index contributed by atoms with van der Waals surface area (Å²) in [6, 6.07) is 67.5. The summed E-state index contributed by atoms with van der Waals surface area (Å²) >= 11 is 0. The van der Waals surface area contributed by atoms with Crippen LogP contribution in [0, 0.1) is 0 Å². The molecule has 0 bridgehead atoms. The summed E-state index contributed by atoms with van der Waals surface area (Å²) in [5.41, 5.74) is 20.5. The van der Waals surface area contributed by atoms with Crippen molar-refractivity contribution >= 4 is 21.5 Å². The highest BCUT2D eigenvalue weighted by Crippen LogP contribution is 2.53. The normalized spacial score (nSPS) is 12.0. The number of hydrogen-bond acceptors (Lipinski definition) is 0. The Morgan fingerprint density at radius 2 is 0.500 bits per heavy atom. The molecule has 0 fully saturated rings. The van der Waals surface area contributed by atoms with Crippen molar-refractivity contribution in [2.45, 2.75) is 0 Å². The monoisotopic (exact) mass is 630 g/mol. The van der Waals surface area contributed by atoms with Crippen molar-refractivity contribution in [3.8, 4) is 89.0 Å². The molecule has 0 amide bonds. The molecule has 0 heterocycles. The molecular weight excluding hydrogens is 601 g/mol. The largest absolute Gasteiger partial charge is 0.0622 e. The van der Waals surface area contributed by atoms with Crippen LogP contribution in [0.5, 0.6) is 0 Å². The summed E-state index contributed by atoms with van der Waals surface area (Å²) in [5, 5.41) is 5.29. The fourth-order valence-electron chi connectivity index (χ4n) is 8.85. The molecule has 0 saturated carbocycles. The van der Waals surface area contributed by atoms with Crippen molar-refractivity contribution in [2.24, 2.45) is 0 Å². The van der Waals surface area contributed by atoms with Gasteiger partial charge in [0.1, 0.15) is 0 Å². The van der Waals surface area contributed by atoms with Gasteiger partial charge < -0.3 is 0 Å². The first-order valence-corrected chi connectivity index (χ1v) is 17.4. The van der Waals surface area contributed by atoms with E-state index in [-0.39, 0.29) is 0 Å². The highest BCUT2D eigenvalue weighted by atomic mass is 14.3. The Morgan fingerprint density at radius 3 is 0.920 bits per heavy atom. The van der Waals surface area contributed by atoms with E-state index in [4.69, 9.17) is 0 Å². The van der Waals surface area contributed by atoms with Crippen LogP contribution in [-0.2, 0) is 0 Å². The molecular formula is C50H30. The molecule has 9 aromatic rings. The Kier molecular flexibility index (Phi) is 5.76. The average Bonchev–Trinajstić information content (AvgIpc) is 3.70. The van der Waals surface area contributed by atoms with Crippen molar-refractivity contribution in [3.63, 3.8) is 0 Å². The van der Waals surface area contributed by atoms with Crippen LogP contribution in [0.25, 0.3) is 111 Å². The molecule has 0 nitrogen and oxygen atoms in total. The maximum atomic E-state index is 2.49. The fourth-order valence-corrected chi connectivity index (χ4v) is 8.85. The van der Waals surface area contributed by atoms with Gasteiger partial charge in [-0.1, -0.05) is 170 Å². The van der Waals surface area contributed by atoms with Gasteiger partial charge in [0.05, 0.1) is 0 Å². The van der Waals surface area contributed by atoms with Crippen molar-refractivity contribution in [3.05, 3.63) is 182 Å². The number of hydrogen-bond donors (Lipinski definition) is 0. The lowest BCUT2D eigenvalue weighted by Crippen LogP contribution is -1.94. The zero-order valence-electron chi connectivity index (χ0n) is 27.3. The molecule has 0 unspecified atom stereocenters. The summed E-state index contributed by atoms with van der Waals surface area (Å²) in [4.78, 5) is 0. The third-order valence-electron chi connectivity index (χ3n) is 11.0. The van der Waals surface area contributed by atoms with E-state index in [1.165, 1.54) is 111 Å². The molecule has 0 N–H and O–H groups in total. The van der Waals surface area contributed by atoms with Crippen molar-refractivity contribution in [2.75, 3.05) is 0 Å². The minimum absolute atomic E-state index is 1.22. The molecule has 0 heteroatoms. The molecule has 0 aliphatic heterocycles. The molecule has 0 aromatic heterocycles. The van der Waals surface area contributed by atoms with Gasteiger partial charge >= 0.3 is 0 Å². The Bertz CT molecular complexity index is 2590. The summed E-state index contributed by atoms with van der Waals surface area (Å²) in [6.07, 6.45) is 0. The molecule has 0 radical (unpaired) electrons. The van der Waals surface area contributed by atoms with E-state index in [1.54, 1.807) is 0 Å². The zero-order valence-corrected chi connectivity index (χ0v) is 27.3. The summed E-state index contributed by atoms with van der Waals surface area (Å²) in [6.45, 7) is 0. The first-order valence-electron chi connectivity index (χ1n) is 17.4. The molecule has 11 rings (SSSR count). The first kappa shape index (κ1) is 27.5. The fraction of sp³-hybridized carbons (Fsp3) is 0. The minimum Gasteiger partial charge on any atom is -0.0622 e. The maximum Gasteiger partial charge on any atom is -0.00201 e. The molecule has 50 heavy (non-hydrogen) atoms.